The molecule has 1 heterocycles. The van der Waals surface area contributed by atoms with Gasteiger partial charge >= 0.3 is 0 Å². The monoisotopic (exact) mass is 212 g/mol. The van der Waals surface area contributed by atoms with E-state index in [0.717, 1.165) is 12.6 Å². The molecule has 0 saturated carbocycles. The van der Waals surface area contributed by atoms with Crippen LogP contribution < -0.4 is 5.32 Å². The summed E-state index contributed by atoms with van der Waals surface area (Å²) in [4.78, 5) is 2.71. The van der Waals surface area contributed by atoms with Gasteiger partial charge in [-0.25, -0.2) is 0 Å². The Morgan fingerprint density at radius 1 is 1.33 bits per heavy atom. The average Bonchev–Trinajstić information content (AvgIpc) is 2.21. The van der Waals surface area contributed by atoms with E-state index in [1.807, 2.05) is 0 Å². The summed E-state index contributed by atoms with van der Waals surface area (Å²) in [6.45, 7) is 10.5. The van der Waals surface area contributed by atoms with Gasteiger partial charge in [-0.3, -0.25) is 0 Å². The number of rotatable bonds is 6. The number of hydrogen-bond acceptors (Lipinski definition) is 2. The predicted molar refractivity (Wildman–Crippen MR) is 67.3 cm³/mol. The Morgan fingerprint density at radius 2 is 2.13 bits per heavy atom. The van der Waals surface area contributed by atoms with Crippen LogP contribution in [-0.2, 0) is 0 Å². The van der Waals surface area contributed by atoms with Crippen molar-refractivity contribution < 1.29 is 0 Å². The van der Waals surface area contributed by atoms with Crippen LogP contribution in [0.25, 0.3) is 0 Å². The second kappa shape index (κ2) is 7.24. The Labute approximate surface area is 95.4 Å². The molecule has 0 radical (unpaired) electrons. The van der Waals surface area contributed by atoms with Crippen LogP contribution in [0, 0.1) is 0 Å². The Bertz CT molecular complexity index is 157. The molecule has 2 atom stereocenters. The largest absolute Gasteiger partial charge is 0.314 e. The molecular weight excluding hydrogens is 184 g/mol. The van der Waals surface area contributed by atoms with Crippen molar-refractivity contribution in [1.29, 1.82) is 0 Å². The van der Waals surface area contributed by atoms with Crippen molar-refractivity contribution in [3.63, 3.8) is 0 Å². The van der Waals surface area contributed by atoms with Crippen LogP contribution in [0.4, 0.5) is 0 Å². The Balaban J connectivity index is 2.34. The van der Waals surface area contributed by atoms with Crippen LogP contribution in [0.3, 0.4) is 0 Å². The highest BCUT2D eigenvalue weighted by molar-refractivity contribution is 4.80. The Morgan fingerprint density at radius 3 is 2.80 bits per heavy atom. The van der Waals surface area contributed by atoms with Gasteiger partial charge in [0.25, 0.3) is 0 Å². The summed E-state index contributed by atoms with van der Waals surface area (Å²) in [5.41, 5.74) is 0. The molecule has 1 rings (SSSR count). The molecule has 1 aliphatic rings. The number of hydrogen-bond donors (Lipinski definition) is 1. The number of likely N-dealkylation sites (tertiary alicyclic amines) is 1. The lowest BCUT2D eigenvalue weighted by Gasteiger charge is -2.37. The summed E-state index contributed by atoms with van der Waals surface area (Å²) in [6, 6.07) is 1.52. The SMILES string of the molecule is CCCN1CCCCC1CC(C)NCC. The third-order valence-electron chi connectivity index (χ3n) is 3.44. The van der Waals surface area contributed by atoms with E-state index < -0.39 is 0 Å². The summed E-state index contributed by atoms with van der Waals surface area (Å²) in [7, 11) is 0. The second-order valence-electron chi connectivity index (χ2n) is 4.88. The molecule has 1 saturated heterocycles. The second-order valence-corrected chi connectivity index (χ2v) is 4.88. The zero-order valence-electron chi connectivity index (χ0n) is 10.8. The zero-order valence-corrected chi connectivity index (χ0v) is 10.8. The zero-order chi connectivity index (χ0) is 11.1. The van der Waals surface area contributed by atoms with Gasteiger partial charge in [-0.05, 0) is 52.2 Å². The van der Waals surface area contributed by atoms with Gasteiger partial charge in [0.05, 0.1) is 0 Å². The molecule has 2 nitrogen and oxygen atoms in total. The molecule has 2 heteroatoms. The van der Waals surface area contributed by atoms with Crippen molar-refractivity contribution in [3.8, 4) is 0 Å². The van der Waals surface area contributed by atoms with Crippen molar-refractivity contribution >= 4 is 0 Å². The summed E-state index contributed by atoms with van der Waals surface area (Å²) in [5.74, 6) is 0. The lowest BCUT2D eigenvalue weighted by molar-refractivity contribution is 0.132. The quantitative estimate of drug-likeness (QED) is 0.728. The fraction of sp³-hybridized carbons (Fsp3) is 1.00. The Kier molecular flexibility index (Phi) is 6.26. The van der Waals surface area contributed by atoms with Gasteiger partial charge < -0.3 is 10.2 Å². The highest BCUT2D eigenvalue weighted by Crippen LogP contribution is 2.20. The first kappa shape index (κ1) is 13.0. The summed E-state index contributed by atoms with van der Waals surface area (Å²) in [6.07, 6.45) is 6.88. The van der Waals surface area contributed by atoms with E-state index in [9.17, 15) is 0 Å². The van der Waals surface area contributed by atoms with Gasteiger partial charge in [-0.15, -0.1) is 0 Å². The molecule has 0 spiro atoms. The van der Waals surface area contributed by atoms with Crippen LogP contribution in [-0.4, -0.2) is 36.6 Å². The van der Waals surface area contributed by atoms with Gasteiger partial charge in [0.1, 0.15) is 0 Å². The first-order chi connectivity index (χ1) is 7.27. The number of nitrogens with one attached hydrogen (secondary N) is 1. The van der Waals surface area contributed by atoms with Gasteiger partial charge in [-0.1, -0.05) is 20.3 Å². The lowest BCUT2D eigenvalue weighted by Crippen LogP contribution is -2.43. The van der Waals surface area contributed by atoms with E-state index in [2.05, 4.69) is 31.0 Å². The van der Waals surface area contributed by atoms with E-state index in [-0.39, 0.29) is 0 Å². The molecule has 0 aliphatic carbocycles. The van der Waals surface area contributed by atoms with Crippen molar-refractivity contribution in [2.75, 3.05) is 19.6 Å². The number of nitrogens with zero attached hydrogens (tertiary/aromatic N) is 1. The molecule has 0 aromatic carbocycles. The van der Waals surface area contributed by atoms with E-state index >= 15 is 0 Å². The maximum Gasteiger partial charge on any atom is 0.0110 e. The minimum atomic E-state index is 0.678. The topological polar surface area (TPSA) is 15.3 Å². The maximum absolute atomic E-state index is 3.53. The fourth-order valence-electron chi connectivity index (χ4n) is 2.75. The molecule has 0 bridgehead atoms. The van der Waals surface area contributed by atoms with Crippen LogP contribution in [0.15, 0.2) is 0 Å². The summed E-state index contributed by atoms with van der Waals surface area (Å²) < 4.78 is 0. The van der Waals surface area contributed by atoms with Gasteiger partial charge in [0.15, 0.2) is 0 Å². The highest BCUT2D eigenvalue weighted by Gasteiger charge is 2.22. The highest BCUT2D eigenvalue weighted by atomic mass is 15.2. The van der Waals surface area contributed by atoms with E-state index in [4.69, 9.17) is 0 Å². The van der Waals surface area contributed by atoms with Crippen molar-refractivity contribution in [3.05, 3.63) is 0 Å². The molecule has 2 unspecified atom stereocenters. The van der Waals surface area contributed by atoms with Crippen LogP contribution in [0.2, 0.25) is 0 Å². The van der Waals surface area contributed by atoms with Crippen LogP contribution in [0.1, 0.15) is 52.9 Å². The van der Waals surface area contributed by atoms with Crippen molar-refractivity contribution in [2.45, 2.75) is 65.0 Å². The standard InChI is InChI=1S/C13H28N2/c1-4-9-15-10-7-6-8-13(15)11-12(3)14-5-2/h12-14H,4-11H2,1-3H3. The average molecular weight is 212 g/mol. The normalized spacial score (nSPS) is 25.4. The van der Waals surface area contributed by atoms with E-state index in [1.165, 1.54) is 45.2 Å². The molecule has 90 valence electrons. The maximum atomic E-state index is 3.53. The van der Waals surface area contributed by atoms with E-state index in [1.54, 1.807) is 0 Å². The Hall–Kier alpha value is -0.0800. The van der Waals surface area contributed by atoms with Crippen LogP contribution in [0.5, 0.6) is 0 Å². The predicted octanol–water partition coefficient (Wildman–Crippen LogP) is 2.64. The number of piperidine rings is 1. The van der Waals surface area contributed by atoms with Crippen molar-refractivity contribution in [1.82, 2.24) is 10.2 Å². The molecule has 0 aromatic heterocycles. The fourth-order valence-corrected chi connectivity index (χ4v) is 2.75. The minimum Gasteiger partial charge on any atom is -0.314 e. The molecule has 1 aliphatic heterocycles. The summed E-state index contributed by atoms with van der Waals surface area (Å²) >= 11 is 0. The molecule has 0 amide bonds. The van der Waals surface area contributed by atoms with Gasteiger partial charge in [0, 0.05) is 12.1 Å². The third-order valence-corrected chi connectivity index (χ3v) is 3.44. The molecule has 1 N–H and O–H groups in total. The lowest BCUT2D eigenvalue weighted by atomic mass is 9.96. The molecular formula is C13H28N2. The summed E-state index contributed by atoms with van der Waals surface area (Å²) in [5, 5.41) is 3.53. The van der Waals surface area contributed by atoms with Gasteiger partial charge in [-0.2, -0.15) is 0 Å². The molecule has 0 aromatic rings. The first-order valence-electron chi connectivity index (χ1n) is 6.75. The third kappa shape index (κ3) is 4.52. The van der Waals surface area contributed by atoms with Crippen LogP contribution >= 0.6 is 0 Å². The smallest absolute Gasteiger partial charge is 0.0110 e. The van der Waals surface area contributed by atoms with Gasteiger partial charge in [0.2, 0.25) is 0 Å². The molecule has 1 fully saturated rings. The van der Waals surface area contributed by atoms with E-state index in [0.29, 0.717) is 6.04 Å². The van der Waals surface area contributed by atoms with Crippen molar-refractivity contribution in [2.24, 2.45) is 0 Å². The minimum absolute atomic E-state index is 0.678. The first-order valence-corrected chi connectivity index (χ1v) is 6.75. The molecule has 15 heavy (non-hydrogen) atoms.